The van der Waals surface area contributed by atoms with Crippen LogP contribution in [-0.2, 0) is 0 Å². The molecule has 12 heavy (non-hydrogen) atoms. The summed E-state index contributed by atoms with van der Waals surface area (Å²) in [5.41, 5.74) is 2.12. The zero-order chi connectivity index (χ0) is 8.97. The Balaban J connectivity index is 2.81. The molecule has 0 spiro atoms. The third-order valence-corrected chi connectivity index (χ3v) is 1.85. The predicted molar refractivity (Wildman–Crippen MR) is 51.8 cm³/mol. The molecule has 1 nitrogen and oxygen atoms in total. The van der Waals surface area contributed by atoms with Gasteiger partial charge >= 0.3 is 0 Å². The van der Waals surface area contributed by atoms with Crippen molar-refractivity contribution in [3.05, 3.63) is 41.5 Å². The van der Waals surface area contributed by atoms with E-state index in [1.54, 1.807) is 6.92 Å². The molecule has 0 fully saturated rings. The third-order valence-electron chi connectivity index (χ3n) is 1.85. The van der Waals surface area contributed by atoms with Crippen LogP contribution in [-0.4, -0.2) is 11.2 Å². The van der Waals surface area contributed by atoms with E-state index in [-0.39, 0.29) is 6.10 Å². The Bertz CT molecular complexity index is 260. The molecule has 1 aromatic rings. The van der Waals surface area contributed by atoms with Gasteiger partial charge in [0.1, 0.15) is 0 Å². The molecule has 0 amide bonds. The Labute approximate surface area is 73.4 Å². The van der Waals surface area contributed by atoms with E-state index in [0.717, 1.165) is 11.1 Å². The summed E-state index contributed by atoms with van der Waals surface area (Å²) in [5.74, 6) is 0. The molecular weight excluding hydrogens is 148 g/mol. The first-order chi connectivity index (χ1) is 5.70. The molecule has 0 aromatic heterocycles. The maximum absolute atomic E-state index is 9.21. The second kappa shape index (κ2) is 4.07. The lowest BCUT2D eigenvalue weighted by molar-refractivity contribution is 0.232. The monoisotopic (exact) mass is 162 g/mol. The topological polar surface area (TPSA) is 20.2 Å². The van der Waals surface area contributed by atoms with E-state index < -0.39 is 0 Å². The van der Waals surface area contributed by atoms with Crippen LogP contribution in [0.2, 0.25) is 0 Å². The predicted octanol–water partition coefficient (Wildman–Crippen LogP) is 2.47. The first-order valence-corrected chi connectivity index (χ1v) is 4.11. The van der Waals surface area contributed by atoms with Crippen LogP contribution >= 0.6 is 0 Å². The molecule has 0 aliphatic heterocycles. The van der Waals surface area contributed by atoms with Gasteiger partial charge in [0, 0.05) is 0 Å². The van der Waals surface area contributed by atoms with Crippen molar-refractivity contribution in [1.29, 1.82) is 0 Å². The smallest absolute Gasteiger partial charge is 0.0722 e. The summed E-state index contributed by atoms with van der Waals surface area (Å²) >= 11 is 0. The SMILES string of the molecule is CC(=Cc1ccccc1)C(C)O. The first-order valence-electron chi connectivity index (χ1n) is 4.11. The maximum Gasteiger partial charge on any atom is 0.0722 e. The van der Waals surface area contributed by atoms with E-state index in [1.807, 2.05) is 43.3 Å². The molecule has 0 saturated heterocycles. The largest absolute Gasteiger partial charge is 0.389 e. The molecule has 64 valence electrons. The fourth-order valence-corrected chi connectivity index (χ4v) is 0.933. The van der Waals surface area contributed by atoms with Crippen molar-refractivity contribution in [1.82, 2.24) is 0 Å². The van der Waals surface area contributed by atoms with Crippen molar-refractivity contribution in [2.24, 2.45) is 0 Å². The Morgan fingerprint density at radius 1 is 1.33 bits per heavy atom. The molecule has 0 heterocycles. The van der Waals surface area contributed by atoms with Gasteiger partial charge in [0.25, 0.3) is 0 Å². The van der Waals surface area contributed by atoms with Crippen LogP contribution < -0.4 is 0 Å². The fourth-order valence-electron chi connectivity index (χ4n) is 0.933. The highest BCUT2D eigenvalue weighted by Crippen LogP contribution is 2.08. The number of aliphatic hydroxyl groups excluding tert-OH is 1. The van der Waals surface area contributed by atoms with Crippen LogP contribution in [0.15, 0.2) is 35.9 Å². The lowest BCUT2D eigenvalue weighted by Gasteiger charge is -2.03. The van der Waals surface area contributed by atoms with Gasteiger partial charge in [0.15, 0.2) is 0 Å². The van der Waals surface area contributed by atoms with E-state index in [2.05, 4.69) is 0 Å². The number of rotatable bonds is 2. The van der Waals surface area contributed by atoms with Crippen molar-refractivity contribution in [2.45, 2.75) is 20.0 Å². The number of aliphatic hydroxyl groups is 1. The van der Waals surface area contributed by atoms with Crippen LogP contribution in [0.4, 0.5) is 0 Å². The molecule has 1 N–H and O–H groups in total. The highest BCUT2D eigenvalue weighted by molar-refractivity contribution is 5.52. The summed E-state index contributed by atoms with van der Waals surface area (Å²) in [6, 6.07) is 10.00. The Morgan fingerprint density at radius 3 is 2.42 bits per heavy atom. The van der Waals surface area contributed by atoms with E-state index >= 15 is 0 Å². The van der Waals surface area contributed by atoms with Gasteiger partial charge in [-0.1, -0.05) is 36.4 Å². The third kappa shape index (κ3) is 2.51. The minimum Gasteiger partial charge on any atom is -0.389 e. The summed E-state index contributed by atoms with van der Waals surface area (Å²) in [6.07, 6.45) is 1.63. The Hall–Kier alpha value is -1.08. The highest BCUT2D eigenvalue weighted by atomic mass is 16.3. The number of hydrogen-bond acceptors (Lipinski definition) is 1. The molecule has 1 atom stereocenters. The average Bonchev–Trinajstić information content (AvgIpc) is 2.06. The van der Waals surface area contributed by atoms with E-state index in [4.69, 9.17) is 0 Å². The summed E-state index contributed by atoms with van der Waals surface area (Å²) in [7, 11) is 0. The summed E-state index contributed by atoms with van der Waals surface area (Å²) in [4.78, 5) is 0. The molecule has 0 aliphatic carbocycles. The zero-order valence-corrected chi connectivity index (χ0v) is 7.49. The Kier molecular flexibility index (Phi) is 3.06. The van der Waals surface area contributed by atoms with Gasteiger partial charge in [0.2, 0.25) is 0 Å². The van der Waals surface area contributed by atoms with Crippen LogP contribution in [0.3, 0.4) is 0 Å². The summed E-state index contributed by atoms with van der Waals surface area (Å²) < 4.78 is 0. The van der Waals surface area contributed by atoms with Gasteiger partial charge in [-0.2, -0.15) is 0 Å². The van der Waals surface area contributed by atoms with E-state index in [1.165, 1.54) is 0 Å². The van der Waals surface area contributed by atoms with Crippen LogP contribution in [0, 0.1) is 0 Å². The van der Waals surface area contributed by atoms with Crippen molar-refractivity contribution < 1.29 is 5.11 Å². The normalized spacial score (nSPS) is 14.4. The summed E-state index contributed by atoms with van der Waals surface area (Å²) in [5, 5.41) is 9.21. The number of hydrogen-bond donors (Lipinski definition) is 1. The fraction of sp³-hybridized carbons (Fsp3) is 0.273. The molecule has 1 rings (SSSR count). The molecule has 0 aliphatic rings. The van der Waals surface area contributed by atoms with Gasteiger partial charge < -0.3 is 5.11 Å². The second-order valence-corrected chi connectivity index (χ2v) is 2.98. The van der Waals surface area contributed by atoms with Crippen molar-refractivity contribution in [3.8, 4) is 0 Å². The zero-order valence-electron chi connectivity index (χ0n) is 7.49. The van der Waals surface area contributed by atoms with Crippen molar-refractivity contribution in [2.75, 3.05) is 0 Å². The van der Waals surface area contributed by atoms with Gasteiger partial charge in [-0.3, -0.25) is 0 Å². The van der Waals surface area contributed by atoms with Gasteiger partial charge in [-0.15, -0.1) is 0 Å². The lowest BCUT2D eigenvalue weighted by Crippen LogP contribution is -1.99. The highest BCUT2D eigenvalue weighted by Gasteiger charge is 1.96. The van der Waals surface area contributed by atoms with Crippen molar-refractivity contribution in [3.63, 3.8) is 0 Å². The van der Waals surface area contributed by atoms with Crippen molar-refractivity contribution >= 4 is 6.08 Å². The van der Waals surface area contributed by atoms with Crippen LogP contribution in [0.5, 0.6) is 0 Å². The first kappa shape index (κ1) is 9.01. The van der Waals surface area contributed by atoms with E-state index in [0.29, 0.717) is 0 Å². The van der Waals surface area contributed by atoms with Gasteiger partial charge in [-0.05, 0) is 25.0 Å². The molecule has 0 radical (unpaired) electrons. The Morgan fingerprint density at radius 2 is 1.92 bits per heavy atom. The molecule has 1 aromatic carbocycles. The number of benzene rings is 1. The summed E-state index contributed by atoms with van der Waals surface area (Å²) in [6.45, 7) is 3.70. The average molecular weight is 162 g/mol. The standard InChI is InChI=1S/C11H14O/c1-9(10(2)12)8-11-6-4-3-5-7-11/h3-8,10,12H,1-2H3. The van der Waals surface area contributed by atoms with Crippen LogP contribution in [0.1, 0.15) is 19.4 Å². The van der Waals surface area contributed by atoms with Crippen LogP contribution in [0.25, 0.3) is 6.08 Å². The minimum absolute atomic E-state index is 0.356. The van der Waals surface area contributed by atoms with E-state index in [9.17, 15) is 5.11 Å². The maximum atomic E-state index is 9.21. The van der Waals surface area contributed by atoms with Gasteiger partial charge in [-0.25, -0.2) is 0 Å². The molecule has 0 saturated carbocycles. The lowest BCUT2D eigenvalue weighted by atomic mass is 10.1. The molecule has 0 bridgehead atoms. The molecule has 1 unspecified atom stereocenters. The van der Waals surface area contributed by atoms with Gasteiger partial charge in [0.05, 0.1) is 6.10 Å². The second-order valence-electron chi connectivity index (χ2n) is 2.98. The minimum atomic E-state index is -0.356. The quantitative estimate of drug-likeness (QED) is 0.708. The molecular formula is C11H14O. The molecule has 1 heteroatoms.